The van der Waals surface area contributed by atoms with Crippen molar-refractivity contribution in [2.45, 2.75) is 12.1 Å². The van der Waals surface area contributed by atoms with Crippen LogP contribution in [0.4, 0.5) is 5.82 Å². The van der Waals surface area contributed by atoms with Crippen LogP contribution in [0.15, 0.2) is 35.5 Å². The molecule has 0 bridgehead atoms. The lowest BCUT2D eigenvalue weighted by atomic mass is 10.2. The second kappa shape index (κ2) is 7.61. The molecule has 8 nitrogen and oxygen atoms in total. The Balaban J connectivity index is 1.69. The molecular weight excluding hydrogens is 352 g/mol. The Hall–Kier alpha value is -2.81. The minimum atomic E-state index is -0.125. The number of aromatic nitrogens is 5. The van der Waals surface area contributed by atoms with Gasteiger partial charge in [0.2, 0.25) is 5.91 Å². The number of carbonyl (C=O) groups excluding carboxylic acids is 1. The number of para-hydroxylation sites is 1. The second-order valence-corrected chi connectivity index (χ2v) is 6.64. The quantitative estimate of drug-likeness (QED) is 0.668. The van der Waals surface area contributed by atoms with Gasteiger partial charge >= 0.3 is 0 Å². The zero-order valence-electron chi connectivity index (χ0n) is 15.1. The van der Waals surface area contributed by atoms with Crippen LogP contribution in [-0.2, 0) is 18.9 Å². The minimum Gasteiger partial charge on any atom is -0.496 e. The van der Waals surface area contributed by atoms with Gasteiger partial charge in [-0.15, -0.1) is 10.2 Å². The van der Waals surface area contributed by atoms with E-state index in [1.165, 1.54) is 11.8 Å². The lowest BCUT2D eigenvalue weighted by Gasteiger charge is -2.08. The van der Waals surface area contributed by atoms with Gasteiger partial charge in [0.25, 0.3) is 0 Å². The van der Waals surface area contributed by atoms with E-state index in [0.717, 1.165) is 17.0 Å². The third kappa shape index (κ3) is 3.72. The number of nitrogens with zero attached hydrogens (tertiary/aromatic N) is 5. The van der Waals surface area contributed by atoms with E-state index in [2.05, 4.69) is 20.6 Å². The number of anilines is 1. The van der Waals surface area contributed by atoms with Gasteiger partial charge in [-0.2, -0.15) is 5.10 Å². The Labute approximate surface area is 155 Å². The highest BCUT2D eigenvalue weighted by molar-refractivity contribution is 7.99. The Kier molecular flexibility index (Phi) is 5.27. The topological polar surface area (TPSA) is 86.9 Å². The van der Waals surface area contributed by atoms with Crippen LogP contribution in [0.25, 0.3) is 11.4 Å². The maximum absolute atomic E-state index is 12.2. The fraction of sp³-hybridized carbons (Fsp3) is 0.294. The summed E-state index contributed by atoms with van der Waals surface area (Å²) in [5.41, 5.74) is 1.71. The Morgan fingerprint density at radius 3 is 2.73 bits per heavy atom. The molecule has 2 heterocycles. The molecule has 0 aliphatic heterocycles. The average Bonchev–Trinajstić information content (AvgIpc) is 3.14. The fourth-order valence-electron chi connectivity index (χ4n) is 2.54. The van der Waals surface area contributed by atoms with Crippen molar-refractivity contribution in [3.8, 4) is 17.1 Å². The number of carbonyl (C=O) groups is 1. The summed E-state index contributed by atoms with van der Waals surface area (Å²) in [5.74, 6) is 2.18. The monoisotopic (exact) mass is 372 g/mol. The third-order valence-corrected chi connectivity index (χ3v) is 4.80. The number of ether oxygens (including phenoxy) is 1. The van der Waals surface area contributed by atoms with Crippen LogP contribution < -0.4 is 10.1 Å². The predicted molar refractivity (Wildman–Crippen MR) is 100 cm³/mol. The molecule has 0 spiro atoms. The normalized spacial score (nSPS) is 10.8. The first-order valence-electron chi connectivity index (χ1n) is 7.95. The molecule has 9 heteroatoms. The molecule has 0 fully saturated rings. The highest BCUT2D eigenvalue weighted by atomic mass is 32.2. The SMILES string of the molecule is COc1ccccc1-c1nnc(SCC(=O)Nc2cc(C)nn2C)n1C. The van der Waals surface area contributed by atoms with Gasteiger partial charge in [-0.05, 0) is 19.1 Å². The molecule has 1 aromatic carbocycles. The smallest absolute Gasteiger partial charge is 0.235 e. The maximum Gasteiger partial charge on any atom is 0.235 e. The molecule has 0 aliphatic rings. The summed E-state index contributed by atoms with van der Waals surface area (Å²) in [6.07, 6.45) is 0. The lowest BCUT2D eigenvalue weighted by molar-refractivity contribution is -0.113. The fourth-order valence-corrected chi connectivity index (χ4v) is 3.25. The van der Waals surface area contributed by atoms with E-state index in [9.17, 15) is 4.79 Å². The van der Waals surface area contributed by atoms with Gasteiger partial charge in [-0.1, -0.05) is 23.9 Å². The molecule has 1 amide bonds. The lowest BCUT2D eigenvalue weighted by Crippen LogP contribution is -2.16. The summed E-state index contributed by atoms with van der Waals surface area (Å²) in [7, 11) is 5.28. The van der Waals surface area contributed by atoms with Gasteiger partial charge in [-0.25, -0.2) is 0 Å². The first-order valence-corrected chi connectivity index (χ1v) is 8.94. The maximum atomic E-state index is 12.2. The number of thioether (sulfide) groups is 1. The van der Waals surface area contributed by atoms with Crippen molar-refractivity contribution in [1.82, 2.24) is 24.5 Å². The zero-order chi connectivity index (χ0) is 18.7. The van der Waals surface area contributed by atoms with E-state index in [0.29, 0.717) is 16.8 Å². The molecule has 136 valence electrons. The molecular formula is C17H20N6O2S. The van der Waals surface area contributed by atoms with E-state index in [-0.39, 0.29) is 11.7 Å². The van der Waals surface area contributed by atoms with Crippen LogP contribution in [0, 0.1) is 6.92 Å². The third-order valence-electron chi connectivity index (χ3n) is 3.78. The van der Waals surface area contributed by atoms with E-state index < -0.39 is 0 Å². The van der Waals surface area contributed by atoms with Crippen LogP contribution in [-0.4, -0.2) is 43.3 Å². The van der Waals surface area contributed by atoms with Crippen LogP contribution in [0.2, 0.25) is 0 Å². The molecule has 3 rings (SSSR count). The van der Waals surface area contributed by atoms with Crippen molar-refractivity contribution in [1.29, 1.82) is 0 Å². The molecule has 0 unspecified atom stereocenters. The van der Waals surface area contributed by atoms with Crippen molar-refractivity contribution >= 4 is 23.5 Å². The van der Waals surface area contributed by atoms with Gasteiger partial charge in [0.15, 0.2) is 11.0 Å². The summed E-state index contributed by atoms with van der Waals surface area (Å²) in [6.45, 7) is 1.88. The largest absolute Gasteiger partial charge is 0.496 e. The Bertz CT molecular complexity index is 933. The van der Waals surface area contributed by atoms with E-state index in [1.807, 2.05) is 48.9 Å². The molecule has 2 aromatic heterocycles. The van der Waals surface area contributed by atoms with Gasteiger partial charge < -0.3 is 14.6 Å². The number of benzene rings is 1. The standard InChI is InChI=1S/C17H20N6O2S/c1-11-9-14(23(3)21-11)18-15(24)10-26-17-20-19-16(22(17)2)12-7-5-6-8-13(12)25-4/h5-9H,10H2,1-4H3,(H,18,24). The number of hydrogen-bond acceptors (Lipinski definition) is 6. The molecule has 0 aliphatic carbocycles. The summed E-state index contributed by atoms with van der Waals surface area (Å²) < 4.78 is 8.87. The Morgan fingerprint density at radius 1 is 1.27 bits per heavy atom. The van der Waals surface area contributed by atoms with Gasteiger partial charge in [0, 0.05) is 20.2 Å². The van der Waals surface area contributed by atoms with Crippen molar-refractivity contribution in [2.24, 2.45) is 14.1 Å². The highest BCUT2D eigenvalue weighted by Crippen LogP contribution is 2.29. The summed E-state index contributed by atoms with van der Waals surface area (Å²) in [5, 5.41) is 16.1. The summed E-state index contributed by atoms with van der Waals surface area (Å²) >= 11 is 1.32. The number of nitrogens with one attached hydrogen (secondary N) is 1. The van der Waals surface area contributed by atoms with Crippen LogP contribution in [0.1, 0.15) is 5.69 Å². The molecule has 0 atom stereocenters. The second-order valence-electron chi connectivity index (χ2n) is 5.70. The molecule has 0 saturated carbocycles. The number of hydrogen-bond donors (Lipinski definition) is 1. The molecule has 0 saturated heterocycles. The van der Waals surface area contributed by atoms with Crippen molar-refractivity contribution < 1.29 is 9.53 Å². The van der Waals surface area contributed by atoms with Crippen molar-refractivity contribution in [2.75, 3.05) is 18.2 Å². The molecule has 0 radical (unpaired) electrons. The van der Waals surface area contributed by atoms with Gasteiger partial charge in [0.1, 0.15) is 11.6 Å². The predicted octanol–water partition coefficient (Wildman–Crippen LogP) is 2.26. The first-order chi connectivity index (χ1) is 12.5. The van der Waals surface area contributed by atoms with Gasteiger partial charge in [-0.3, -0.25) is 9.48 Å². The number of methoxy groups -OCH3 is 1. The molecule has 1 N–H and O–H groups in total. The Morgan fingerprint density at radius 2 is 2.04 bits per heavy atom. The molecule has 3 aromatic rings. The van der Waals surface area contributed by atoms with E-state index in [1.54, 1.807) is 18.8 Å². The summed E-state index contributed by atoms with van der Waals surface area (Å²) in [6, 6.07) is 9.45. The van der Waals surface area contributed by atoms with Crippen LogP contribution >= 0.6 is 11.8 Å². The van der Waals surface area contributed by atoms with E-state index >= 15 is 0 Å². The zero-order valence-corrected chi connectivity index (χ0v) is 15.9. The molecule has 26 heavy (non-hydrogen) atoms. The average molecular weight is 372 g/mol. The van der Waals surface area contributed by atoms with Crippen LogP contribution in [0.3, 0.4) is 0 Å². The minimum absolute atomic E-state index is 0.125. The number of rotatable bonds is 6. The van der Waals surface area contributed by atoms with Crippen molar-refractivity contribution in [3.63, 3.8) is 0 Å². The number of amides is 1. The van der Waals surface area contributed by atoms with E-state index in [4.69, 9.17) is 4.74 Å². The first kappa shape index (κ1) is 18.0. The van der Waals surface area contributed by atoms with Crippen LogP contribution in [0.5, 0.6) is 5.75 Å². The van der Waals surface area contributed by atoms with Gasteiger partial charge in [0.05, 0.1) is 24.1 Å². The summed E-state index contributed by atoms with van der Waals surface area (Å²) in [4.78, 5) is 12.2. The van der Waals surface area contributed by atoms with Crippen molar-refractivity contribution in [3.05, 3.63) is 36.0 Å². The highest BCUT2D eigenvalue weighted by Gasteiger charge is 2.16. The number of aryl methyl sites for hydroxylation is 2.